The highest BCUT2D eigenvalue weighted by atomic mass is 19.4. The van der Waals surface area contributed by atoms with E-state index in [2.05, 4.69) is 11.7 Å². The summed E-state index contributed by atoms with van der Waals surface area (Å²) in [4.78, 5) is 27.0. The van der Waals surface area contributed by atoms with Crippen LogP contribution in [0.15, 0.2) is 47.4 Å². The number of pyridine rings is 1. The standard InChI is InChI=1S/C24H22F4N2O3/c1-14-7-9-30(10-8-14)23(32)18-5-3-15(11-21(18)33-24(26,27)28)20-13-29(2)22(31)19-12-16(25)4-6-17(19)20/h3-6,11-14H,7-10H2,1-2H3. The van der Waals surface area contributed by atoms with Gasteiger partial charge in [0.15, 0.2) is 0 Å². The van der Waals surface area contributed by atoms with Gasteiger partial charge in [-0.15, -0.1) is 13.2 Å². The van der Waals surface area contributed by atoms with Gasteiger partial charge in [-0.3, -0.25) is 9.59 Å². The molecule has 1 aromatic heterocycles. The van der Waals surface area contributed by atoms with Crippen molar-refractivity contribution in [2.24, 2.45) is 13.0 Å². The monoisotopic (exact) mass is 462 g/mol. The third-order valence-electron chi connectivity index (χ3n) is 5.96. The smallest absolute Gasteiger partial charge is 0.405 e. The predicted molar refractivity (Wildman–Crippen MR) is 116 cm³/mol. The topological polar surface area (TPSA) is 51.5 Å². The average Bonchev–Trinajstić information content (AvgIpc) is 2.75. The minimum Gasteiger partial charge on any atom is -0.405 e. The number of benzene rings is 2. The van der Waals surface area contributed by atoms with Gasteiger partial charge in [-0.05, 0) is 54.0 Å². The number of piperidine rings is 1. The SMILES string of the molecule is CC1CCN(C(=O)c2ccc(-c3cn(C)c(=O)c4cc(F)ccc34)cc2OC(F)(F)F)CC1. The molecule has 1 amide bonds. The van der Waals surface area contributed by atoms with Gasteiger partial charge in [0.05, 0.1) is 10.9 Å². The van der Waals surface area contributed by atoms with E-state index < -0.39 is 29.4 Å². The molecule has 0 N–H and O–H groups in total. The van der Waals surface area contributed by atoms with E-state index in [9.17, 15) is 27.2 Å². The van der Waals surface area contributed by atoms with Crippen LogP contribution in [0.25, 0.3) is 21.9 Å². The molecular formula is C24H22F4N2O3. The third-order valence-corrected chi connectivity index (χ3v) is 5.96. The number of hydrogen-bond donors (Lipinski definition) is 0. The lowest BCUT2D eigenvalue weighted by Crippen LogP contribution is -2.38. The number of hydrogen-bond acceptors (Lipinski definition) is 3. The van der Waals surface area contributed by atoms with Gasteiger partial charge < -0.3 is 14.2 Å². The zero-order valence-electron chi connectivity index (χ0n) is 18.1. The number of carbonyl (C=O) groups excluding carboxylic acids is 1. The average molecular weight is 462 g/mol. The fourth-order valence-electron chi connectivity index (χ4n) is 4.13. The van der Waals surface area contributed by atoms with Crippen molar-refractivity contribution in [2.75, 3.05) is 13.1 Å². The quantitative estimate of drug-likeness (QED) is 0.508. The summed E-state index contributed by atoms with van der Waals surface area (Å²) in [6, 6.07) is 7.61. The van der Waals surface area contributed by atoms with Gasteiger partial charge in [-0.2, -0.15) is 0 Å². The van der Waals surface area contributed by atoms with Gasteiger partial charge in [-0.25, -0.2) is 4.39 Å². The zero-order chi connectivity index (χ0) is 23.9. The van der Waals surface area contributed by atoms with E-state index >= 15 is 0 Å². The van der Waals surface area contributed by atoms with Crippen LogP contribution in [-0.2, 0) is 7.05 Å². The van der Waals surface area contributed by atoms with E-state index in [4.69, 9.17) is 0 Å². The Balaban J connectivity index is 1.83. The first-order valence-corrected chi connectivity index (χ1v) is 10.5. The number of likely N-dealkylation sites (tertiary alicyclic amines) is 1. The number of ether oxygens (including phenoxy) is 1. The second kappa shape index (κ2) is 8.53. The first-order chi connectivity index (χ1) is 15.5. The van der Waals surface area contributed by atoms with Crippen LogP contribution in [0.4, 0.5) is 17.6 Å². The Morgan fingerprint density at radius 1 is 1.06 bits per heavy atom. The summed E-state index contributed by atoms with van der Waals surface area (Å²) in [6.07, 6.45) is -1.98. The van der Waals surface area contributed by atoms with E-state index in [-0.39, 0.29) is 10.9 Å². The molecule has 0 aliphatic carbocycles. The molecule has 2 heterocycles. The van der Waals surface area contributed by atoms with E-state index in [0.29, 0.717) is 35.5 Å². The Morgan fingerprint density at radius 3 is 2.42 bits per heavy atom. The zero-order valence-corrected chi connectivity index (χ0v) is 18.1. The molecule has 1 aliphatic rings. The highest BCUT2D eigenvalue weighted by molar-refractivity contribution is 6.00. The number of halogens is 4. The van der Waals surface area contributed by atoms with Crippen molar-refractivity contribution in [3.63, 3.8) is 0 Å². The van der Waals surface area contributed by atoms with Gasteiger partial charge >= 0.3 is 6.36 Å². The number of amides is 1. The van der Waals surface area contributed by atoms with Gasteiger partial charge in [0, 0.05) is 31.9 Å². The van der Waals surface area contributed by atoms with E-state index in [1.54, 1.807) is 0 Å². The summed E-state index contributed by atoms with van der Waals surface area (Å²) in [6.45, 7) is 2.99. The molecule has 1 fully saturated rings. The largest absolute Gasteiger partial charge is 0.573 e. The molecule has 0 spiro atoms. The van der Waals surface area contributed by atoms with Crippen LogP contribution >= 0.6 is 0 Å². The third kappa shape index (κ3) is 4.72. The summed E-state index contributed by atoms with van der Waals surface area (Å²) in [5.74, 6) is -1.30. The number of carbonyl (C=O) groups is 1. The Morgan fingerprint density at radius 2 is 1.76 bits per heavy atom. The lowest BCUT2D eigenvalue weighted by Gasteiger charge is -2.31. The maximum atomic E-state index is 13.7. The molecule has 0 unspecified atom stereocenters. The van der Waals surface area contributed by atoms with Crippen LogP contribution in [0.5, 0.6) is 5.75 Å². The first-order valence-electron chi connectivity index (χ1n) is 10.5. The van der Waals surface area contributed by atoms with Gasteiger partial charge in [0.1, 0.15) is 11.6 Å². The lowest BCUT2D eigenvalue weighted by atomic mass is 9.97. The second-order valence-electron chi connectivity index (χ2n) is 8.38. The molecular weight excluding hydrogens is 440 g/mol. The van der Waals surface area contributed by atoms with Crippen LogP contribution in [0.1, 0.15) is 30.1 Å². The highest BCUT2D eigenvalue weighted by Crippen LogP contribution is 2.35. The number of alkyl halides is 3. The van der Waals surface area contributed by atoms with Crippen molar-refractivity contribution in [2.45, 2.75) is 26.1 Å². The Hall–Kier alpha value is -3.36. The molecule has 174 valence electrons. The summed E-state index contributed by atoms with van der Waals surface area (Å²) in [7, 11) is 1.47. The summed E-state index contributed by atoms with van der Waals surface area (Å²) in [5, 5.41) is 0.470. The van der Waals surface area contributed by atoms with E-state index in [1.807, 2.05) is 0 Å². The molecule has 0 saturated carbocycles. The number of nitrogens with zero attached hydrogens (tertiary/aromatic N) is 2. The van der Waals surface area contributed by atoms with Crippen molar-refractivity contribution < 1.29 is 27.1 Å². The van der Waals surface area contributed by atoms with Crippen LogP contribution in [0.2, 0.25) is 0 Å². The minimum absolute atomic E-state index is 0.0934. The van der Waals surface area contributed by atoms with E-state index in [1.165, 1.54) is 47.0 Å². The summed E-state index contributed by atoms with van der Waals surface area (Å²) < 4.78 is 58.8. The molecule has 2 aromatic carbocycles. The molecule has 9 heteroatoms. The summed E-state index contributed by atoms with van der Waals surface area (Å²) >= 11 is 0. The number of fused-ring (bicyclic) bond motifs is 1. The minimum atomic E-state index is -5.00. The molecule has 0 radical (unpaired) electrons. The molecule has 3 aromatic rings. The first kappa shape index (κ1) is 22.8. The Kier molecular flexibility index (Phi) is 5.90. The van der Waals surface area contributed by atoms with Gasteiger partial charge in [-0.1, -0.05) is 19.1 Å². The molecule has 5 nitrogen and oxygen atoms in total. The highest BCUT2D eigenvalue weighted by Gasteiger charge is 2.34. The van der Waals surface area contributed by atoms with Crippen molar-refractivity contribution in [3.8, 4) is 16.9 Å². The van der Waals surface area contributed by atoms with Crippen molar-refractivity contribution >= 4 is 16.7 Å². The number of rotatable bonds is 3. The van der Waals surface area contributed by atoms with Crippen LogP contribution < -0.4 is 10.3 Å². The van der Waals surface area contributed by atoms with Gasteiger partial charge in [0.2, 0.25) is 0 Å². The number of aromatic nitrogens is 1. The van der Waals surface area contributed by atoms with Crippen molar-refractivity contribution in [1.82, 2.24) is 9.47 Å². The van der Waals surface area contributed by atoms with Crippen molar-refractivity contribution in [3.05, 3.63) is 64.3 Å². The Bertz CT molecular complexity index is 1280. The normalized spacial score (nSPS) is 15.2. The predicted octanol–water partition coefficient (Wildman–Crippen LogP) is 5.12. The molecule has 33 heavy (non-hydrogen) atoms. The van der Waals surface area contributed by atoms with Crippen LogP contribution in [0.3, 0.4) is 0 Å². The molecule has 4 rings (SSSR count). The van der Waals surface area contributed by atoms with Crippen LogP contribution in [-0.4, -0.2) is 34.8 Å². The van der Waals surface area contributed by atoms with Crippen LogP contribution in [0, 0.1) is 11.7 Å². The fraction of sp³-hybridized carbons (Fsp3) is 0.333. The fourth-order valence-corrected chi connectivity index (χ4v) is 4.13. The van der Waals surface area contributed by atoms with Gasteiger partial charge in [0.25, 0.3) is 11.5 Å². The molecule has 0 bridgehead atoms. The number of aryl methyl sites for hydroxylation is 1. The maximum absolute atomic E-state index is 13.7. The van der Waals surface area contributed by atoms with E-state index in [0.717, 1.165) is 25.0 Å². The summed E-state index contributed by atoms with van der Waals surface area (Å²) in [5.41, 5.74) is 0.0760. The molecule has 1 saturated heterocycles. The molecule has 1 aliphatic heterocycles. The van der Waals surface area contributed by atoms with Crippen molar-refractivity contribution in [1.29, 1.82) is 0 Å². The lowest BCUT2D eigenvalue weighted by molar-refractivity contribution is -0.274. The Labute approximate surface area is 187 Å². The molecule has 0 atom stereocenters. The second-order valence-corrected chi connectivity index (χ2v) is 8.38. The maximum Gasteiger partial charge on any atom is 0.573 e.